The van der Waals surface area contributed by atoms with E-state index in [-0.39, 0.29) is 5.76 Å². The minimum absolute atomic E-state index is 0.215. The fourth-order valence-corrected chi connectivity index (χ4v) is 1.95. The highest BCUT2D eigenvalue weighted by Crippen LogP contribution is 2.16. The van der Waals surface area contributed by atoms with Crippen LogP contribution >= 0.6 is 0 Å². The molecule has 0 N–H and O–H groups in total. The number of esters is 1. The lowest BCUT2D eigenvalue weighted by Gasteiger charge is -2.15. The monoisotopic (exact) mass is 270 g/mol. The van der Waals surface area contributed by atoms with Crippen LogP contribution in [0, 0.1) is 12.8 Å². The van der Waals surface area contributed by atoms with Gasteiger partial charge in [0.15, 0.2) is 17.5 Å². The molecular formula is C16H14O4. The van der Waals surface area contributed by atoms with Crippen LogP contribution in [0.25, 0.3) is 6.08 Å². The van der Waals surface area contributed by atoms with Gasteiger partial charge in [-0.2, -0.15) is 0 Å². The molecule has 0 spiro atoms. The molecule has 0 saturated heterocycles. The van der Waals surface area contributed by atoms with Crippen molar-refractivity contribution < 1.29 is 19.1 Å². The molecule has 1 heterocycles. The SMILES string of the molecule is CC1=CC(=O)C(C(=O)/C=C/c2cccc(C)c2)C(=O)O1. The van der Waals surface area contributed by atoms with E-state index in [1.807, 2.05) is 31.2 Å². The Hall–Kier alpha value is -2.49. The van der Waals surface area contributed by atoms with Crippen molar-refractivity contribution in [3.05, 3.63) is 53.3 Å². The Balaban J connectivity index is 2.16. The quantitative estimate of drug-likeness (QED) is 0.480. The average molecular weight is 270 g/mol. The molecule has 0 aliphatic carbocycles. The predicted octanol–water partition coefficient (Wildman–Crippen LogP) is 2.22. The molecule has 0 radical (unpaired) electrons. The van der Waals surface area contributed by atoms with E-state index in [1.54, 1.807) is 6.08 Å². The number of ketones is 2. The predicted molar refractivity (Wildman–Crippen MR) is 73.6 cm³/mol. The van der Waals surface area contributed by atoms with Gasteiger partial charge in [0.05, 0.1) is 0 Å². The van der Waals surface area contributed by atoms with Gasteiger partial charge in [0.1, 0.15) is 5.76 Å². The maximum absolute atomic E-state index is 11.9. The largest absolute Gasteiger partial charge is 0.430 e. The summed E-state index contributed by atoms with van der Waals surface area (Å²) in [6, 6.07) is 7.54. The van der Waals surface area contributed by atoms with Crippen molar-refractivity contribution in [2.24, 2.45) is 5.92 Å². The lowest BCUT2D eigenvalue weighted by Crippen LogP contribution is -2.34. The fraction of sp³-hybridized carbons (Fsp3) is 0.188. The third kappa shape index (κ3) is 3.09. The molecule has 4 heteroatoms. The van der Waals surface area contributed by atoms with Gasteiger partial charge in [-0.05, 0) is 25.5 Å². The standard InChI is InChI=1S/C16H14O4/c1-10-4-3-5-12(8-10)6-7-13(17)15-14(18)9-11(2)20-16(15)19/h3-9,15H,1-2H3/b7-6+. The number of benzene rings is 1. The first kappa shape index (κ1) is 13.9. The molecular weight excluding hydrogens is 256 g/mol. The summed E-state index contributed by atoms with van der Waals surface area (Å²) in [7, 11) is 0. The summed E-state index contributed by atoms with van der Waals surface area (Å²) in [5, 5.41) is 0. The highest BCUT2D eigenvalue weighted by molar-refractivity contribution is 6.25. The number of cyclic esters (lactones) is 1. The van der Waals surface area contributed by atoms with Gasteiger partial charge in [-0.1, -0.05) is 35.9 Å². The molecule has 1 aliphatic rings. The van der Waals surface area contributed by atoms with Crippen LogP contribution < -0.4 is 0 Å². The van der Waals surface area contributed by atoms with E-state index >= 15 is 0 Å². The van der Waals surface area contributed by atoms with E-state index in [2.05, 4.69) is 0 Å². The van der Waals surface area contributed by atoms with Crippen LogP contribution in [-0.4, -0.2) is 17.5 Å². The van der Waals surface area contributed by atoms with Crippen molar-refractivity contribution in [3.8, 4) is 0 Å². The summed E-state index contributed by atoms with van der Waals surface area (Å²) in [5.41, 5.74) is 1.90. The first-order valence-electron chi connectivity index (χ1n) is 6.20. The molecule has 0 saturated carbocycles. The van der Waals surface area contributed by atoms with Crippen LogP contribution in [0.4, 0.5) is 0 Å². The third-order valence-electron chi connectivity index (χ3n) is 2.89. The van der Waals surface area contributed by atoms with Crippen LogP contribution in [0.3, 0.4) is 0 Å². The molecule has 4 nitrogen and oxygen atoms in total. The molecule has 0 bridgehead atoms. The first-order valence-corrected chi connectivity index (χ1v) is 6.20. The van der Waals surface area contributed by atoms with Crippen LogP contribution in [0.5, 0.6) is 0 Å². The Kier molecular flexibility index (Phi) is 3.94. The number of carbonyl (C=O) groups is 3. The molecule has 0 aromatic heterocycles. The van der Waals surface area contributed by atoms with Gasteiger partial charge in [0, 0.05) is 6.08 Å². The maximum Gasteiger partial charge on any atom is 0.329 e. The van der Waals surface area contributed by atoms with Gasteiger partial charge in [0.2, 0.25) is 0 Å². The van der Waals surface area contributed by atoms with Crippen LogP contribution in [0.2, 0.25) is 0 Å². The van der Waals surface area contributed by atoms with Crippen molar-refractivity contribution in [3.63, 3.8) is 0 Å². The zero-order valence-corrected chi connectivity index (χ0v) is 11.3. The van der Waals surface area contributed by atoms with Crippen molar-refractivity contribution >= 4 is 23.6 Å². The van der Waals surface area contributed by atoms with Gasteiger partial charge in [-0.15, -0.1) is 0 Å². The van der Waals surface area contributed by atoms with Crippen molar-refractivity contribution in [2.75, 3.05) is 0 Å². The minimum atomic E-state index is -1.38. The normalized spacial score (nSPS) is 18.9. The summed E-state index contributed by atoms with van der Waals surface area (Å²) in [5.74, 6) is -3.07. The second-order valence-electron chi connectivity index (χ2n) is 4.66. The van der Waals surface area contributed by atoms with Gasteiger partial charge >= 0.3 is 5.97 Å². The topological polar surface area (TPSA) is 60.4 Å². The van der Waals surface area contributed by atoms with Crippen LogP contribution in [-0.2, 0) is 19.1 Å². The summed E-state index contributed by atoms with van der Waals surface area (Å²) in [6.07, 6.45) is 4.00. The molecule has 102 valence electrons. The van der Waals surface area contributed by atoms with Gasteiger partial charge < -0.3 is 4.74 Å². The number of ether oxygens (including phenoxy) is 1. The van der Waals surface area contributed by atoms with E-state index in [1.165, 1.54) is 19.1 Å². The van der Waals surface area contributed by atoms with Gasteiger partial charge in [-0.3, -0.25) is 14.4 Å². The van der Waals surface area contributed by atoms with Gasteiger partial charge in [0.25, 0.3) is 0 Å². The zero-order chi connectivity index (χ0) is 14.7. The summed E-state index contributed by atoms with van der Waals surface area (Å²) < 4.78 is 4.81. The summed E-state index contributed by atoms with van der Waals surface area (Å²) in [4.78, 5) is 35.2. The fourth-order valence-electron chi connectivity index (χ4n) is 1.95. The van der Waals surface area contributed by atoms with Crippen molar-refractivity contribution in [2.45, 2.75) is 13.8 Å². The third-order valence-corrected chi connectivity index (χ3v) is 2.89. The van der Waals surface area contributed by atoms with E-state index < -0.39 is 23.5 Å². The molecule has 1 aromatic carbocycles. The first-order chi connectivity index (χ1) is 9.47. The van der Waals surface area contributed by atoms with Crippen molar-refractivity contribution in [1.29, 1.82) is 0 Å². The number of rotatable bonds is 3. The van der Waals surface area contributed by atoms with E-state index in [0.717, 1.165) is 11.1 Å². The van der Waals surface area contributed by atoms with Gasteiger partial charge in [-0.25, -0.2) is 0 Å². The molecule has 20 heavy (non-hydrogen) atoms. The molecule has 0 amide bonds. The number of hydrogen-bond acceptors (Lipinski definition) is 4. The Morgan fingerprint density at radius 3 is 2.65 bits per heavy atom. The Morgan fingerprint density at radius 1 is 1.25 bits per heavy atom. The highest BCUT2D eigenvalue weighted by Gasteiger charge is 2.36. The number of allylic oxidation sites excluding steroid dienone is 3. The molecule has 0 fully saturated rings. The molecule has 1 aromatic rings. The number of hydrogen-bond donors (Lipinski definition) is 0. The Morgan fingerprint density at radius 2 is 2.00 bits per heavy atom. The number of carbonyl (C=O) groups excluding carboxylic acids is 3. The van der Waals surface area contributed by atoms with E-state index in [0.29, 0.717) is 0 Å². The van der Waals surface area contributed by atoms with E-state index in [4.69, 9.17) is 4.74 Å². The summed E-state index contributed by atoms with van der Waals surface area (Å²) >= 11 is 0. The maximum atomic E-state index is 11.9. The smallest absolute Gasteiger partial charge is 0.329 e. The van der Waals surface area contributed by atoms with Crippen LogP contribution in [0.15, 0.2) is 42.2 Å². The lowest BCUT2D eigenvalue weighted by molar-refractivity contribution is -0.151. The molecule has 1 atom stereocenters. The highest BCUT2D eigenvalue weighted by atomic mass is 16.5. The number of aryl methyl sites for hydroxylation is 1. The van der Waals surface area contributed by atoms with E-state index in [9.17, 15) is 14.4 Å². The summed E-state index contributed by atoms with van der Waals surface area (Å²) in [6.45, 7) is 3.44. The molecule has 1 aliphatic heterocycles. The van der Waals surface area contributed by atoms with Crippen LogP contribution in [0.1, 0.15) is 18.1 Å². The Bertz CT molecular complexity index is 638. The second kappa shape index (κ2) is 5.65. The second-order valence-corrected chi connectivity index (χ2v) is 4.66. The van der Waals surface area contributed by atoms with Crippen molar-refractivity contribution in [1.82, 2.24) is 0 Å². The molecule has 2 rings (SSSR count). The average Bonchev–Trinajstić information content (AvgIpc) is 2.35. The lowest BCUT2D eigenvalue weighted by atomic mass is 9.96. The zero-order valence-electron chi connectivity index (χ0n) is 11.3. The molecule has 1 unspecified atom stereocenters. The Labute approximate surface area is 116 Å². The minimum Gasteiger partial charge on any atom is -0.430 e.